The molecule has 0 aromatic heterocycles. The summed E-state index contributed by atoms with van der Waals surface area (Å²) in [6.07, 6.45) is 0. The normalized spacial score (nSPS) is 16.0. The lowest BCUT2D eigenvalue weighted by atomic mass is 9.80. The number of carbonyl (C=O) groups is 2. The number of allylic oxidation sites excluding steroid dienone is 2. The van der Waals surface area contributed by atoms with Gasteiger partial charge < -0.3 is 16.8 Å². The van der Waals surface area contributed by atoms with Crippen LogP contribution in [0.3, 0.4) is 0 Å². The number of primary amides is 2. The van der Waals surface area contributed by atoms with E-state index in [-0.39, 0.29) is 0 Å². The van der Waals surface area contributed by atoms with Crippen LogP contribution < -0.4 is 16.8 Å². The number of hydrogen-bond donors (Lipinski definition) is 3. The number of nitrogens with two attached hydrogens (primary N) is 2. The Morgan fingerprint density at radius 2 is 1.43 bits per heavy atom. The average Bonchev–Trinajstić information content (AvgIpc) is 2.37. The lowest BCUT2D eigenvalue weighted by Crippen LogP contribution is -2.35. The maximum absolute atomic E-state index is 11.8. The second kappa shape index (κ2) is 5.73. The van der Waals surface area contributed by atoms with Crippen LogP contribution in [0, 0.1) is 0 Å². The molecule has 0 unspecified atom stereocenters. The molecule has 0 saturated heterocycles. The third kappa shape index (κ3) is 2.85. The molecule has 1 aromatic carbocycles. The predicted octanol–water partition coefficient (Wildman–Crippen LogP) is 1.65. The molecule has 110 valence electrons. The third-order valence-corrected chi connectivity index (χ3v) is 4.02. The number of benzene rings is 1. The highest BCUT2D eigenvalue weighted by molar-refractivity contribution is 9.10. The van der Waals surface area contributed by atoms with Crippen molar-refractivity contribution in [3.8, 4) is 0 Å². The monoisotopic (exact) mass is 349 g/mol. The number of dihydropyridines is 1. The van der Waals surface area contributed by atoms with Crippen LogP contribution in [0.1, 0.15) is 25.3 Å². The average molecular weight is 350 g/mol. The quantitative estimate of drug-likeness (QED) is 0.773. The van der Waals surface area contributed by atoms with E-state index in [1.165, 1.54) is 0 Å². The molecule has 0 fully saturated rings. The molecular formula is C15H16BrN3O2. The molecule has 5 N–H and O–H groups in total. The fraction of sp³-hybridized carbons (Fsp3) is 0.200. The molecule has 0 aliphatic carbocycles. The number of carbonyl (C=O) groups excluding carboxylic acids is 2. The Hall–Kier alpha value is -2.08. The van der Waals surface area contributed by atoms with Gasteiger partial charge in [-0.2, -0.15) is 0 Å². The van der Waals surface area contributed by atoms with E-state index < -0.39 is 17.7 Å². The zero-order chi connectivity index (χ0) is 15.7. The van der Waals surface area contributed by atoms with E-state index in [0.717, 1.165) is 10.0 Å². The van der Waals surface area contributed by atoms with Crippen LogP contribution in [0.25, 0.3) is 0 Å². The van der Waals surface area contributed by atoms with Crippen LogP contribution in [0.2, 0.25) is 0 Å². The molecule has 2 amide bonds. The van der Waals surface area contributed by atoms with Crippen molar-refractivity contribution in [1.82, 2.24) is 5.32 Å². The maximum atomic E-state index is 11.8. The van der Waals surface area contributed by atoms with Gasteiger partial charge in [0.1, 0.15) is 0 Å². The van der Waals surface area contributed by atoms with Crippen molar-refractivity contribution < 1.29 is 9.59 Å². The molecule has 1 aliphatic heterocycles. The third-order valence-electron chi connectivity index (χ3n) is 3.49. The lowest BCUT2D eigenvalue weighted by molar-refractivity contribution is -0.115. The number of rotatable bonds is 3. The summed E-state index contributed by atoms with van der Waals surface area (Å²) in [5, 5.41) is 3.00. The van der Waals surface area contributed by atoms with Crippen LogP contribution in [0.15, 0.2) is 51.3 Å². The van der Waals surface area contributed by atoms with Gasteiger partial charge >= 0.3 is 0 Å². The van der Waals surface area contributed by atoms with Gasteiger partial charge in [0.05, 0.1) is 0 Å². The molecule has 0 radical (unpaired) electrons. The van der Waals surface area contributed by atoms with E-state index in [2.05, 4.69) is 21.2 Å². The molecule has 0 saturated carbocycles. The first-order valence-electron chi connectivity index (χ1n) is 6.36. The molecule has 0 bridgehead atoms. The fourth-order valence-corrected chi connectivity index (χ4v) is 2.90. The van der Waals surface area contributed by atoms with E-state index in [1.807, 2.05) is 24.3 Å². The SMILES string of the molecule is CC1=C(C(N)=O)C(c2ccc(Br)cc2)C(C(N)=O)=C(C)N1. The van der Waals surface area contributed by atoms with Crippen molar-refractivity contribution in [2.75, 3.05) is 0 Å². The summed E-state index contributed by atoms with van der Waals surface area (Å²) in [6, 6.07) is 7.37. The first-order chi connectivity index (χ1) is 9.82. The molecule has 1 aliphatic rings. The minimum Gasteiger partial charge on any atom is -0.366 e. The van der Waals surface area contributed by atoms with E-state index >= 15 is 0 Å². The second-order valence-corrected chi connectivity index (χ2v) is 5.83. The molecule has 21 heavy (non-hydrogen) atoms. The minimum absolute atomic E-state index is 0.358. The molecule has 2 rings (SSSR count). The molecule has 1 aromatic rings. The predicted molar refractivity (Wildman–Crippen MR) is 83.8 cm³/mol. The zero-order valence-corrected chi connectivity index (χ0v) is 13.3. The highest BCUT2D eigenvalue weighted by Gasteiger charge is 2.34. The fourth-order valence-electron chi connectivity index (χ4n) is 2.64. The summed E-state index contributed by atoms with van der Waals surface area (Å²) in [6.45, 7) is 3.51. The van der Waals surface area contributed by atoms with Gasteiger partial charge in [-0.1, -0.05) is 28.1 Å². The van der Waals surface area contributed by atoms with Crippen molar-refractivity contribution in [1.29, 1.82) is 0 Å². The molecular weight excluding hydrogens is 334 g/mol. The summed E-state index contributed by atoms with van der Waals surface area (Å²) in [5.41, 5.74) is 13.8. The smallest absolute Gasteiger partial charge is 0.247 e. The molecule has 5 nitrogen and oxygen atoms in total. The number of halogens is 1. The number of hydrogen-bond acceptors (Lipinski definition) is 3. The Morgan fingerprint density at radius 3 is 1.81 bits per heavy atom. The first kappa shape index (κ1) is 15.3. The Bertz CT molecular complexity index is 639. The molecule has 6 heteroatoms. The minimum atomic E-state index is -0.570. The largest absolute Gasteiger partial charge is 0.366 e. The van der Waals surface area contributed by atoms with Gasteiger partial charge in [-0.3, -0.25) is 9.59 Å². The topological polar surface area (TPSA) is 98.2 Å². The standard InChI is InChI=1S/C15H16BrN3O2/c1-7-11(14(17)20)13(9-3-5-10(16)6-4-9)12(15(18)21)8(2)19-7/h3-6,13,19H,1-2H3,(H2,17,20)(H2,18,21). The van der Waals surface area contributed by atoms with Crippen LogP contribution in [0.5, 0.6) is 0 Å². The highest BCUT2D eigenvalue weighted by atomic mass is 79.9. The summed E-state index contributed by atoms with van der Waals surface area (Å²) in [7, 11) is 0. The van der Waals surface area contributed by atoms with E-state index in [4.69, 9.17) is 11.5 Å². The Labute approximate surface area is 131 Å². The van der Waals surface area contributed by atoms with E-state index in [1.54, 1.807) is 13.8 Å². The highest BCUT2D eigenvalue weighted by Crippen LogP contribution is 2.37. The van der Waals surface area contributed by atoms with Crippen molar-refractivity contribution in [2.45, 2.75) is 19.8 Å². The Kier molecular flexibility index (Phi) is 4.18. The zero-order valence-electron chi connectivity index (χ0n) is 11.7. The van der Waals surface area contributed by atoms with Gasteiger partial charge in [-0.25, -0.2) is 0 Å². The van der Waals surface area contributed by atoms with E-state index in [0.29, 0.717) is 22.5 Å². The van der Waals surface area contributed by atoms with Crippen molar-refractivity contribution in [2.24, 2.45) is 11.5 Å². The van der Waals surface area contributed by atoms with Crippen LogP contribution in [-0.4, -0.2) is 11.8 Å². The van der Waals surface area contributed by atoms with Gasteiger partial charge in [-0.15, -0.1) is 0 Å². The molecule has 0 spiro atoms. The number of amides is 2. The summed E-state index contributed by atoms with van der Waals surface area (Å²) in [4.78, 5) is 23.7. The van der Waals surface area contributed by atoms with Gasteiger partial charge in [0, 0.05) is 32.9 Å². The molecule has 0 atom stereocenters. The number of nitrogens with one attached hydrogen (secondary N) is 1. The Balaban J connectivity index is 2.67. The summed E-state index contributed by atoms with van der Waals surface area (Å²) >= 11 is 3.36. The second-order valence-electron chi connectivity index (χ2n) is 4.92. The van der Waals surface area contributed by atoms with E-state index in [9.17, 15) is 9.59 Å². The van der Waals surface area contributed by atoms with Crippen molar-refractivity contribution >= 4 is 27.7 Å². The van der Waals surface area contributed by atoms with Crippen LogP contribution in [0.4, 0.5) is 0 Å². The van der Waals surface area contributed by atoms with Gasteiger partial charge in [-0.05, 0) is 31.5 Å². The maximum Gasteiger partial charge on any atom is 0.247 e. The Morgan fingerprint density at radius 1 is 1.00 bits per heavy atom. The summed E-state index contributed by atoms with van der Waals surface area (Å²) < 4.78 is 0.905. The summed E-state index contributed by atoms with van der Waals surface area (Å²) in [5.74, 6) is -1.69. The van der Waals surface area contributed by atoms with Gasteiger partial charge in [0.25, 0.3) is 0 Å². The van der Waals surface area contributed by atoms with Crippen molar-refractivity contribution in [3.63, 3.8) is 0 Å². The van der Waals surface area contributed by atoms with Gasteiger partial charge in [0.2, 0.25) is 11.8 Å². The van der Waals surface area contributed by atoms with Crippen LogP contribution >= 0.6 is 15.9 Å². The lowest BCUT2D eigenvalue weighted by Gasteiger charge is -2.29. The van der Waals surface area contributed by atoms with Gasteiger partial charge in [0.15, 0.2) is 0 Å². The van der Waals surface area contributed by atoms with Crippen LogP contribution in [-0.2, 0) is 9.59 Å². The van der Waals surface area contributed by atoms with Crippen molar-refractivity contribution in [3.05, 3.63) is 56.8 Å². The first-order valence-corrected chi connectivity index (χ1v) is 7.15. The molecule has 1 heterocycles.